The fourth-order valence-corrected chi connectivity index (χ4v) is 5.03. The molecule has 2 rings (SSSR count). The van der Waals surface area contributed by atoms with Crippen LogP contribution in [-0.2, 0) is 16.6 Å². The van der Waals surface area contributed by atoms with Crippen LogP contribution < -0.4 is 4.72 Å². The predicted molar refractivity (Wildman–Crippen MR) is 78.6 cm³/mol. The molecule has 0 amide bonds. The van der Waals surface area contributed by atoms with E-state index in [1.807, 2.05) is 0 Å². The first kappa shape index (κ1) is 16.0. The highest BCUT2D eigenvalue weighted by molar-refractivity contribution is 9.10. The number of hydrogen-bond acceptors (Lipinski definition) is 4. The summed E-state index contributed by atoms with van der Waals surface area (Å²) in [5.41, 5.74) is 0. The first-order valence-electron chi connectivity index (χ1n) is 6.76. The number of aliphatic hydroxyl groups is 1. The Morgan fingerprint density at radius 3 is 2.75 bits per heavy atom. The summed E-state index contributed by atoms with van der Waals surface area (Å²) in [7, 11) is -3.64. The van der Waals surface area contributed by atoms with Gasteiger partial charge in [-0.3, -0.25) is 0 Å². The Labute approximate surface area is 127 Å². The third kappa shape index (κ3) is 3.27. The molecule has 0 aliphatic heterocycles. The molecule has 0 aromatic carbocycles. The van der Waals surface area contributed by atoms with Gasteiger partial charge in [0.25, 0.3) is 0 Å². The van der Waals surface area contributed by atoms with E-state index in [0.29, 0.717) is 11.8 Å². The van der Waals surface area contributed by atoms with E-state index in [2.05, 4.69) is 34.5 Å². The minimum Gasteiger partial charge on any atom is -0.450 e. The molecule has 1 heterocycles. The Morgan fingerprint density at radius 2 is 2.15 bits per heavy atom. The van der Waals surface area contributed by atoms with E-state index >= 15 is 0 Å². The smallest absolute Gasteiger partial charge is 0.245 e. The predicted octanol–water partition coefficient (Wildman–Crippen LogP) is 2.64. The minimum atomic E-state index is -3.64. The molecule has 20 heavy (non-hydrogen) atoms. The van der Waals surface area contributed by atoms with Crippen molar-refractivity contribution in [2.24, 2.45) is 11.8 Å². The summed E-state index contributed by atoms with van der Waals surface area (Å²) in [4.78, 5) is 0.0481. The van der Waals surface area contributed by atoms with Gasteiger partial charge in [-0.1, -0.05) is 26.7 Å². The highest BCUT2D eigenvalue weighted by atomic mass is 79.9. The number of furan rings is 1. The molecule has 3 atom stereocenters. The van der Waals surface area contributed by atoms with Crippen molar-refractivity contribution in [2.75, 3.05) is 0 Å². The normalized spacial score (nSPS) is 27.7. The minimum absolute atomic E-state index is 0.0481. The zero-order valence-corrected chi connectivity index (χ0v) is 14.0. The van der Waals surface area contributed by atoms with Gasteiger partial charge in [0.05, 0.1) is 0 Å². The van der Waals surface area contributed by atoms with Crippen LogP contribution in [0.4, 0.5) is 0 Å². The average molecular weight is 366 g/mol. The molecule has 1 aliphatic carbocycles. The number of nitrogens with one attached hydrogen (secondary N) is 1. The molecule has 1 saturated carbocycles. The molecule has 1 fully saturated rings. The maximum Gasteiger partial charge on any atom is 0.245 e. The van der Waals surface area contributed by atoms with E-state index < -0.39 is 10.0 Å². The first-order valence-corrected chi connectivity index (χ1v) is 9.04. The topological polar surface area (TPSA) is 79.5 Å². The van der Waals surface area contributed by atoms with Crippen LogP contribution in [0.3, 0.4) is 0 Å². The van der Waals surface area contributed by atoms with Gasteiger partial charge in [0.1, 0.15) is 17.3 Å². The largest absolute Gasteiger partial charge is 0.450 e. The SMILES string of the molecule is CC1CCCC(NS(=O)(=O)c2cc(CO)oc2Br)C1C. The van der Waals surface area contributed by atoms with Gasteiger partial charge in [-0.05, 0) is 34.2 Å². The summed E-state index contributed by atoms with van der Waals surface area (Å²) in [5, 5.41) is 9.01. The van der Waals surface area contributed by atoms with Crippen LogP contribution in [0.15, 0.2) is 20.0 Å². The van der Waals surface area contributed by atoms with Gasteiger partial charge in [-0.15, -0.1) is 0 Å². The van der Waals surface area contributed by atoms with Gasteiger partial charge in [0.2, 0.25) is 10.0 Å². The molecule has 3 unspecified atom stereocenters. The van der Waals surface area contributed by atoms with Gasteiger partial charge in [0.15, 0.2) is 4.67 Å². The summed E-state index contributed by atoms with van der Waals surface area (Å²) in [6.45, 7) is 3.91. The zero-order valence-electron chi connectivity index (χ0n) is 11.6. The fourth-order valence-electron chi connectivity index (χ4n) is 2.67. The molecular formula is C13H20BrNO4S. The van der Waals surface area contributed by atoms with Gasteiger partial charge in [-0.25, -0.2) is 13.1 Å². The zero-order chi connectivity index (χ0) is 14.9. The highest BCUT2D eigenvalue weighted by Crippen LogP contribution is 2.32. The number of hydrogen-bond donors (Lipinski definition) is 2. The molecule has 1 aromatic heterocycles. The van der Waals surface area contributed by atoms with Crippen LogP contribution >= 0.6 is 15.9 Å². The second kappa shape index (κ2) is 6.17. The lowest BCUT2D eigenvalue weighted by Gasteiger charge is -2.34. The lowest BCUT2D eigenvalue weighted by atomic mass is 9.78. The highest BCUT2D eigenvalue weighted by Gasteiger charge is 2.32. The van der Waals surface area contributed by atoms with Gasteiger partial charge in [-0.2, -0.15) is 0 Å². The Balaban J connectivity index is 2.20. The summed E-state index contributed by atoms with van der Waals surface area (Å²) in [5.74, 6) is 1.04. The van der Waals surface area contributed by atoms with Crippen LogP contribution in [0.1, 0.15) is 38.9 Å². The number of sulfonamides is 1. The second-order valence-electron chi connectivity index (χ2n) is 5.50. The Morgan fingerprint density at radius 1 is 1.45 bits per heavy atom. The summed E-state index contributed by atoms with van der Waals surface area (Å²) < 4.78 is 32.9. The van der Waals surface area contributed by atoms with E-state index in [9.17, 15) is 8.42 Å². The Kier molecular flexibility index (Phi) is 4.94. The molecule has 0 saturated heterocycles. The van der Waals surface area contributed by atoms with E-state index in [1.165, 1.54) is 6.07 Å². The van der Waals surface area contributed by atoms with Crippen molar-refractivity contribution >= 4 is 26.0 Å². The van der Waals surface area contributed by atoms with E-state index in [1.54, 1.807) is 0 Å². The van der Waals surface area contributed by atoms with E-state index in [0.717, 1.165) is 19.3 Å². The molecule has 0 bridgehead atoms. The molecule has 5 nitrogen and oxygen atoms in total. The Bertz CT molecular complexity index is 569. The van der Waals surface area contributed by atoms with Crippen LogP contribution in [0.5, 0.6) is 0 Å². The van der Waals surface area contributed by atoms with Crippen molar-refractivity contribution in [2.45, 2.75) is 50.7 Å². The van der Waals surface area contributed by atoms with Gasteiger partial charge >= 0.3 is 0 Å². The van der Waals surface area contributed by atoms with Gasteiger partial charge < -0.3 is 9.52 Å². The number of aliphatic hydroxyl groups excluding tert-OH is 1. The monoisotopic (exact) mass is 365 g/mol. The Hall–Kier alpha value is -0.370. The molecule has 0 radical (unpaired) electrons. The third-order valence-corrected chi connectivity index (χ3v) is 6.51. The lowest BCUT2D eigenvalue weighted by Crippen LogP contribution is -2.43. The van der Waals surface area contributed by atoms with Crippen molar-refractivity contribution in [3.8, 4) is 0 Å². The third-order valence-electron chi connectivity index (χ3n) is 4.17. The summed E-state index contributed by atoms with van der Waals surface area (Å²) in [6.07, 6.45) is 3.03. The quantitative estimate of drug-likeness (QED) is 0.859. The number of rotatable bonds is 4. The van der Waals surface area contributed by atoms with Crippen molar-refractivity contribution in [1.82, 2.24) is 4.72 Å². The fraction of sp³-hybridized carbons (Fsp3) is 0.692. The van der Waals surface area contributed by atoms with Gasteiger partial charge in [0, 0.05) is 12.1 Å². The lowest BCUT2D eigenvalue weighted by molar-refractivity contribution is 0.227. The van der Waals surface area contributed by atoms with Crippen LogP contribution in [0.25, 0.3) is 0 Å². The average Bonchev–Trinajstić information content (AvgIpc) is 2.77. The maximum absolute atomic E-state index is 12.4. The summed E-state index contributed by atoms with van der Waals surface area (Å²) in [6, 6.07) is 1.30. The summed E-state index contributed by atoms with van der Waals surface area (Å²) >= 11 is 3.09. The maximum atomic E-state index is 12.4. The van der Waals surface area contributed by atoms with Crippen LogP contribution in [0.2, 0.25) is 0 Å². The van der Waals surface area contributed by atoms with Crippen LogP contribution in [0, 0.1) is 11.8 Å². The van der Waals surface area contributed by atoms with E-state index in [4.69, 9.17) is 9.52 Å². The number of halogens is 1. The molecule has 1 aliphatic rings. The second-order valence-corrected chi connectivity index (χ2v) is 7.91. The standard InChI is InChI=1S/C13H20BrNO4S/c1-8-4-3-5-11(9(8)2)15-20(17,18)12-6-10(7-16)19-13(12)14/h6,8-9,11,15-16H,3-5,7H2,1-2H3. The molecule has 114 valence electrons. The molecule has 7 heteroatoms. The molecular weight excluding hydrogens is 346 g/mol. The van der Waals surface area contributed by atoms with Crippen molar-refractivity contribution in [1.29, 1.82) is 0 Å². The first-order chi connectivity index (χ1) is 9.35. The van der Waals surface area contributed by atoms with E-state index in [-0.39, 0.29) is 28.0 Å². The van der Waals surface area contributed by atoms with Crippen molar-refractivity contribution in [3.05, 3.63) is 16.5 Å². The molecule has 0 spiro atoms. The molecule has 2 N–H and O–H groups in total. The van der Waals surface area contributed by atoms with Crippen LogP contribution in [-0.4, -0.2) is 19.6 Å². The van der Waals surface area contributed by atoms with Crippen molar-refractivity contribution < 1.29 is 17.9 Å². The van der Waals surface area contributed by atoms with Crippen molar-refractivity contribution in [3.63, 3.8) is 0 Å². The molecule has 1 aromatic rings.